The van der Waals surface area contributed by atoms with Crippen LogP contribution < -0.4 is 5.32 Å². The predicted molar refractivity (Wildman–Crippen MR) is 76.4 cm³/mol. The van der Waals surface area contributed by atoms with Gasteiger partial charge in [0.15, 0.2) is 0 Å². The molecule has 2 unspecified atom stereocenters. The minimum absolute atomic E-state index is 0.264. The first-order valence-electron chi connectivity index (χ1n) is 7.47. The molecule has 1 rings (SSSR count). The summed E-state index contributed by atoms with van der Waals surface area (Å²) < 4.78 is 0. The van der Waals surface area contributed by atoms with Gasteiger partial charge in [-0.25, -0.2) is 0 Å². The summed E-state index contributed by atoms with van der Waals surface area (Å²) in [6.45, 7) is 15.1. The van der Waals surface area contributed by atoms with E-state index in [4.69, 9.17) is 0 Å². The van der Waals surface area contributed by atoms with Crippen molar-refractivity contribution in [3.8, 4) is 0 Å². The fourth-order valence-corrected chi connectivity index (χ4v) is 2.73. The van der Waals surface area contributed by atoms with E-state index in [0.717, 1.165) is 12.0 Å². The van der Waals surface area contributed by atoms with Crippen molar-refractivity contribution in [2.75, 3.05) is 19.6 Å². The van der Waals surface area contributed by atoms with Gasteiger partial charge in [0.1, 0.15) is 0 Å². The highest BCUT2D eigenvalue weighted by atomic mass is 15.2. The van der Waals surface area contributed by atoms with Crippen LogP contribution in [-0.2, 0) is 0 Å². The van der Waals surface area contributed by atoms with Crippen LogP contribution in [0.5, 0.6) is 0 Å². The van der Waals surface area contributed by atoms with E-state index in [2.05, 4.69) is 44.8 Å². The van der Waals surface area contributed by atoms with Gasteiger partial charge in [-0.3, -0.25) is 0 Å². The second kappa shape index (κ2) is 6.75. The highest BCUT2D eigenvalue weighted by molar-refractivity contribution is 4.91. The lowest BCUT2D eigenvalue weighted by atomic mass is 9.78. The standard InChI is InChI=1S/C15H32N2/c1-6-10-17(11-7-2)14-9-8-13(14)12-16-15(3,4)5/h13-14,16H,6-12H2,1-5H3. The van der Waals surface area contributed by atoms with Crippen molar-refractivity contribution in [3.05, 3.63) is 0 Å². The summed E-state index contributed by atoms with van der Waals surface area (Å²) >= 11 is 0. The second-order valence-corrected chi connectivity index (χ2v) is 6.57. The maximum absolute atomic E-state index is 3.67. The average Bonchev–Trinajstić information content (AvgIpc) is 2.15. The Hall–Kier alpha value is -0.0800. The number of nitrogens with zero attached hydrogens (tertiary/aromatic N) is 1. The minimum atomic E-state index is 0.264. The Morgan fingerprint density at radius 3 is 2.00 bits per heavy atom. The van der Waals surface area contributed by atoms with Crippen LogP contribution >= 0.6 is 0 Å². The van der Waals surface area contributed by atoms with Crippen LogP contribution in [0.2, 0.25) is 0 Å². The Balaban J connectivity index is 2.37. The summed E-state index contributed by atoms with van der Waals surface area (Å²) in [7, 11) is 0. The molecule has 2 atom stereocenters. The van der Waals surface area contributed by atoms with Crippen LogP contribution in [0.4, 0.5) is 0 Å². The highest BCUT2D eigenvalue weighted by Gasteiger charge is 2.34. The smallest absolute Gasteiger partial charge is 0.0136 e. The lowest BCUT2D eigenvalue weighted by Gasteiger charge is -2.45. The summed E-state index contributed by atoms with van der Waals surface area (Å²) in [4.78, 5) is 2.72. The molecular weight excluding hydrogens is 208 g/mol. The van der Waals surface area contributed by atoms with Crippen molar-refractivity contribution < 1.29 is 0 Å². The molecule has 0 spiro atoms. The van der Waals surface area contributed by atoms with Gasteiger partial charge in [0.25, 0.3) is 0 Å². The summed E-state index contributed by atoms with van der Waals surface area (Å²) in [5.74, 6) is 0.882. The number of hydrogen-bond acceptors (Lipinski definition) is 2. The SMILES string of the molecule is CCCN(CCC)C1CCC1CNC(C)(C)C. The van der Waals surface area contributed by atoms with Gasteiger partial charge in [-0.05, 0) is 72.0 Å². The van der Waals surface area contributed by atoms with Gasteiger partial charge in [0.2, 0.25) is 0 Å². The second-order valence-electron chi connectivity index (χ2n) is 6.57. The summed E-state index contributed by atoms with van der Waals surface area (Å²) in [5, 5.41) is 3.67. The van der Waals surface area contributed by atoms with E-state index in [9.17, 15) is 0 Å². The zero-order valence-corrected chi connectivity index (χ0v) is 12.6. The van der Waals surface area contributed by atoms with Gasteiger partial charge in [0, 0.05) is 11.6 Å². The third-order valence-corrected chi connectivity index (χ3v) is 3.76. The van der Waals surface area contributed by atoms with E-state index < -0.39 is 0 Å². The van der Waals surface area contributed by atoms with E-state index in [-0.39, 0.29) is 5.54 Å². The molecule has 0 radical (unpaired) electrons. The molecule has 2 heteroatoms. The molecule has 1 fully saturated rings. The average molecular weight is 240 g/mol. The van der Waals surface area contributed by atoms with Crippen LogP contribution in [0.3, 0.4) is 0 Å². The quantitative estimate of drug-likeness (QED) is 0.735. The molecule has 2 nitrogen and oxygen atoms in total. The molecule has 0 aromatic carbocycles. The van der Waals surface area contributed by atoms with Crippen molar-refractivity contribution in [2.45, 2.75) is 71.9 Å². The van der Waals surface area contributed by atoms with E-state index in [1.165, 1.54) is 45.3 Å². The molecule has 0 amide bonds. The zero-order chi connectivity index (χ0) is 12.9. The van der Waals surface area contributed by atoms with Gasteiger partial charge in [-0.2, -0.15) is 0 Å². The molecule has 0 heterocycles. The maximum Gasteiger partial charge on any atom is 0.0136 e. The number of rotatable bonds is 7. The van der Waals surface area contributed by atoms with Gasteiger partial charge in [-0.1, -0.05) is 13.8 Å². The Labute approximate surface area is 108 Å². The van der Waals surface area contributed by atoms with E-state index >= 15 is 0 Å². The molecule has 0 saturated heterocycles. The van der Waals surface area contributed by atoms with Crippen LogP contribution in [-0.4, -0.2) is 36.1 Å². The fourth-order valence-electron chi connectivity index (χ4n) is 2.73. The minimum Gasteiger partial charge on any atom is -0.312 e. The first kappa shape index (κ1) is 15.0. The molecule has 0 bridgehead atoms. The highest BCUT2D eigenvalue weighted by Crippen LogP contribution is 2.32. The molecule has 1 saturated carbocycles. The van der Waals surface area contributed by atoms with Gasteiger partial charge >= 0.3 is 0 Å². The lowest BCUT2D eigenvalue weighted by molar-refractivity contribution is 0.0580. The summed E-state index contributed by atoms with van der Waals surface area (Å²) in [6, 6.07) is 0.852. The van der Waals surface area contributed by atoms with Crippen molar-refractivity contribution in [1.29, 1.82) is 0 Å². The molecular formula is C15H32N2. The zero-order valence-electron chi connectivity index (χ0n) is 12.6. The van der Waals surface area contributed by atoms with Crippen LogP contribution in [0, 0.1) is 5.92 Å². The molecule has 1 aliphatic rings. The molecule has 102 valence electrons. The van der Waals surface area contributed by atoms with Crippen LogP contribution in [0.15, 0.2) is 0 Å². The molecule has 0 aromatic heterocycles. The van der Waals surface area contributed by atoms with Crippen molar-refractivity contribution in [3.63, 3.8) is 0 Å². The third-order valence-electron chi connectivity index (χ3n) is 3.76. The molecule has 1 aliphatic carbocycles. The lowest BCUT2D eigenvalue weighted by Crippen LogP contribution is -2.53. The first-order chi connectivity index (χ1) is 7.98. The Morgan fingerprint density at radius 1 is 1.06 bits per heavy atom. The van der Waals surface area contributed by atoms with Gasteiger partial charge in [-0.15, -0.1) is 0 Å². The van der Waals surface area contributed by atoms with Crippen LogP contribution in [0.1, 0.15) is 60.3 Å². The Bertz CT molecular complexity index is 201. The molecule has 0 aromatic rings. The van der Waals surface area contributed by atoms with Gasteiger partial charge in [0.05, 0.1) is 0 Å². The first-order valence-corrected chi connectivity index (χ1v) is 7.47. The normalized spacial score (nSPS) is 25.1. The van der Waals surface area contributed by atoms with Crippen molar-refractivity contribution >= 4 is 0 Å². The number of nitrogens with one attached hydrogen (secondary N) is 1. The van der Waals surface area contributed by atoms with Crippen molar-refractivity contribution in [1.82, 2.24) is 10.2 Å². The topological polar surface area (TPSA) is 15.3 Å². The predicted octanol–water partition coefficient (Wildman–Crippen LogP) is 3.28. The largest absolute Gasteiger partial charge is 0.312 e. The fraction of sp³-hybridized carbons (Fsp3) is 1.00. The van der Waals surface area contributed by atoms with E-state index in [1.54, 1.807) is 0 Å². The Kier molecular flexibility index (Phi) is 5.94. The summed E-state index contributed by atoms with van der Waals surface area (Å²) in [5.41, 5.74) is 0.264. The van der Waals surface area contributed by atoms with Crippen molar-refractivity contribution in [2.24, 2.45) is 5.92 Å². The maximum atomic E-state index is 3.67. The van der Waals surface area contributed by atoms with E-state index in [1.807, 2.05) is 0 Å². The molecule has 17 heavy (non-hydrogen) atoms. The Morgan fingerprint density at radius 2 is 1.65 bits per heavy atom. The monoisotopic (exact) mass is 240 g/mol. The summed E-state index contributed by atoms with van der Waals surface area (Å²) in [6.07, 6.45) is 5.40. The van der Waals surface area contributed by atoms with Crippen LogP contribution in [0.25, 0.3) is 0 Å². The van der Waals surface area contributed by atoms with E-state index in [0.29, 0.717) is 0 Å². The molecule has 1 N–H and O–H groups in total. The molecule has 0 aliphatic heterocycles. The van der Waals surface area contributed by atoms with Gasteiger partial charge < -0.3 is 10.2 Å². The third kappa shape index (κ3) is 4.97. The number of hydrogen-bond donors (Lipinski definition) is 1.